The van der Waals surface area contributed by atoms with Crippen LogP contribution in [0.15, 0.2) is 79.0 Å². The van der Waals surface area contributed by atoms with E-state index in [0.717, 1.165) is 24.4 Å². The number of carbonyl (C=O) groups excluding carboxylic acids is 1. The Bertz CT molecular complexity index is 828. The van der Waals surface area contributed by atoms with Gasteiger partial charge < -0.3 is 14.2 Å². The van der Waals surface area contributed by atoms with E-state index in [0.29, 0.717) is 13.1 Å². The highest BCUT2D eigenvalue weighted by Gasteiger charge is 2.16. The Labute approximate surface area is 161 Å². The highest BCUT2D eigenvalue weighted by molar-refractivity contribution is 5.77. The van der Waals surface area contributed by atoms with Crippen molar-refractivity contribution in [1.82, 2.24) is 9.47 Å². The molecule has 0 saturated carbocycles. The van der Waals surface area contributed by atoms with E-state index < -0.39 is 0 Å². The minimum absolute atomic E-state index is 0.00756. The number of para-hydroxylation sites is 1. The summed E-state index contributed by atoms with van der Waals surface area (Å²) in [4.78, 5) is 14.6. The molecule has 1 heterocycles. The molecule has 0 radical (unpaired) electrons. The Morgan fingerprint density at radius 1 is 0.963 bits per heavy atom. The van der Waals surface area contributed by atoms with Gasteiger partial charge in [0.2, 0.25) is 0 Å². The van der Waals surface area contributed by atoms with E-state index in [9.17, 15) is 4.79 Å². The van der Waals surface area contributed by atoms with Crippen LogP contribution in [0.2, 0.25) is 0 Å². The molecule has 140 valence electrons. The minimum atomic E-state index is 0.00756. The van der Waals surface area contributed by atoms with Crippen LogP contribution < -0.4 is 4.74 Å². The molecule has 27 heavy (non-hydrogen) atoms. The summed E-state index contributed by atoms with van der Waals surface area (Å²) >= 11 is 0. The monoisotopic (exact) mass is 362 g/mol. The summed E-state index contributed by atoms with van der Waals surface area (Å²) in [5, 5.41) is 0. The van der Waals surface area contributed by atoms with Crippen molar-refractivity contribution in [3.05, 3.63) is 90.3 Å². The molecule has 4 nitrogen and oxygen atoms in total. The van der Waals surface area contributed by atoms with E-state index in [1.165, 1.54) is 5.56 Å². The second-order valence-electron chi connectivity index (χ2n) is 6.53. The molecule has 0 bridgehead atoms. The second kappa shape index (κ2) is 9.62. The molecule has 1 amide bonds. The van der Waals surface area contributed by atoms with E-state index in [2.05, 4.69) is 35.9 Å². The number of rotatable bonds is 9. The second-order valence-corrected chi connectivity index (χ2v) is 6.53. The zero-order valence-electron chi connectivity index (χ0n) is 15.8. The van der Waals surface area contributed by atoms with Gasteiger partial charge in [-0.15, -0.1) is 0 Å². The van der Waals surface area contributed by atoms with Crippen LogP contribution in [0.4, 0.5) is 0 Å². The van der Waals surface area contributed by atoms with Gasteiger partial charge in [-0.3, -0.25) is 4.79 Å². The maximum atomic E-state index is 12.7. The molecule has 0 N–H and O–H groups in total. The predicted molar refractivity (Wildman–Crippen MR) is 108 cm³/mol. The molecule has 0 saturated heterocycles. The van der Waals surface area contributed by atoms with Gasteiger partial charge in [0.05, 0.1) is 6.54 Å². The quantitative estimate of drug-likeness (QED) is 0.567. The van der Waals surface area contributed by atoms with Crippen LogP contribution in [-0.2, 0) is 17.9 Å². The fourth-order valence-corrected chi connectivity index (χ4v) is 3.04. The molecule has 0 spiro atoms. The maximum Gasteiger partial charge on any atom is 0.260 e. The van der Waals surface area contributed by atoms with Gasteiger partial charge in [-0.25, -0.2) is 0 Å². The van der Waals surface area contributed by atoms with Crippen LogP contribution in [0.1, 0.15) is 24.6 Å². The Kier molecular flexibility index (Phi) is 6.69. The van der Waals surface area contributed by atoms with Crippen LogP contribution in [0, 0.1) is 0 Å². The minimum Gasteiger partial charge on any atom is -0.484 e. The van der Waals surface area contributed by atoms with Crippen molar-refractivity contribution in [3.8, 4) is 5.75 Å². The van der Waals surface area contributed by atoms with Crippen LogP contribution in [0.25, 0.3) is 0 Å². The molecule has 0 atom stereocenters. The first-order valence-corrected chi connectivity index (χ1v) is 9.40. The topological polar surface area (TPSA) is 34.5 Å². The lowest BCUT2D eigenvalue weighted by Crippen LogP contribution is -2.35. The first kappa shape index (κ1) is 18.8. The fourth-order valence-electron chi connectivity index (χ4n) is 3.04. The van der Waals surface area contributed by atoms with Crippen molar-refractivity contribution in [2.45, 2.75) is 26.4 Å². The molecule has 0 aliphatic heterocycles. The predicted octanol–water partition coefficient (Wildman–Crippen LogP) is 4.35. The van der Waals surface area contributed by atoms with Gasteiger partial charge in [0.1, 0.15) is 5.75 Å². The van der Waals surface area contributed by atoms with Gasteiger partial charge in [-0.05, 0) is 36.2 Å². The van der Waals surface area contributed by atoms with Gasteiger partial charge in [-0.1, -0.05) is 55.5 Å². The average molecular weight is 362 g/mol. The summed E-state index contributed by atoms with van der Waals surface area (Å²) in [6.45, 7) is 4.25. The summed E-state index contributed by atoms with van der Waals surface area (Å²) in [6.07, 6.45) is 2.98. The molecule has 0 unspecified atom stereocenters. The lowest BCUT2D eigenvalue weighted by Gasteiger charge is -2.23. The van der Waals surface area contributed by atoms with Crippen LogP contribution in [-0.4, -0.2) is 28.5 Å². The summed E-state index contributed by atoms with van der Waals surface area (Å²) < 4.78 is 7.84. The Morgan fingerprint density at radius 3 is 2.37 bits per heavy atom. The van der Waals surface area contributed by atoms with Gasteiger partial charge in [0.15, 0.2) is 6.61 Å². The SMILES string of the molecule is CCCN(Cc1cccn1Cc1ccccc1)C(=O)COc1ccccc1. The number of aromatic nitrogens is 1. The van der Waals surface area contributed by atoms with Crippen molar-refractivity contribution in [2.24, 2.45) is 0 Å². The van der Waals surface area contributed by atoms with Crippen molar-refractivity contribution >= 4 is 5.91 Å². The normalized spacial score (nSPS) is 10.6. The number of benzene rings is 2. The third-order valence-electron chi connectivity index (χ3n) is 4.42. The molecule has 3 aromatic rings. The molecule has 2 aromatic carbocycles. The molecule has 0 fully saturated rings. The third-order valence-corrected chi connectivity index (χ3v) is 4.42. The summed E-state index contributed by atoms with van der Waals surface area (Å²) in [5.41, 5.74) is 2.37. The first-order chi connectivity index (χ1) is 13.3. The van der Waals surface area contributed by atoms with Gasteiger partial charge >= 0.3 is 0 Å². The Morgan fingerprint density at radius 2 is 1.67 bits per heavy atom. The first-order valence-electron chi connectivity index (χ1n) is 9.40. The number of hydrogen-bond acceptors (Lipinski definition) is 2. The number of hydrogen-bond donors (Lipinski definition) is 0. The number of ether oxygens (including phenoxy) is 1. The zero-order valence-corrected chi connectivity index (χ0v) is 15.8. The lowest BCUT2D eigenvalue weighted by atomic mass is 10.2. The largest absolute Gasteiger partial charge is 0.484 e. The summed E-state index contributed by atoms with van der Waals surface area (Å²) in [7, 11) is 0. The Balaban J connectivity index is 1.64. The van der Waals surface area contributed by atoms with Gasteiger partial charge in [-0.2, -0.15) is 0 Å². The van der Waals surface area contributed by atoms with Crippen molar-refractivity contribution < 1.29 is 9.53 Å². The molecule has 0 aliphatic carbocycles. The molecule has 1 aromatic heterocycles. The fraction of sp³-hybridized carbons (Fsp3) is 0.261. The highest BCUT2D eigenvalue weighted by Crippen LogP contribution is 2.13. The zero-order chi connectivity index (χ0) is 18.9. The summed E-state index contributed by atoms with van der Waals surface area (Å²) in [5.74, 6) is 0.725. The van der Waals surface area contributed by atoms with Crippen molar-refractivity contribution in [1.29, 1.82) is 0 Å². The summed E-state index contributed by atoms with van der Waals surface area (Å²) in [6, 6.07) is 23.9. The van der Waals surface area contributed by atoms with Gasteiger partial charge in [0, 0.05) is 25.0 Å². The third kappa shape index (κ3) is 5.48. The van der Waals surface area contributed by atoms with E-state index in [-0.39, 0.29) is 12.5 Å². The van der Waals surface area contributed by atoms with E-state index in [1.54, 1.807) is 0 Å². The van der Waals surface area contributed by atoms with Crippen LogP contribution >= 0.6 is 0 Å². The molecule has 0 aliphatic rings. The van der Waals surface area contributed by atoms with Crippen molar-refractivity contribution in [3.63, 3.8) is 0 Å². The molecular formula is C23H26N2O2. The highest BCUT2D eigenvalue weighted by atomic mass is 16.5. The molecule has 3 rings (SSSR count). The van der Waals surface area contributed by atoms with E-state index in [4.69, 9.17) is 4.74 Å². The number of amides is 1. The lowest BCUT2D eigenvalue weighted by molar-refractivity contribution is -0.134. The average Bonchev–Trinajstić information content (AvgIpc) is 3.14. The maximum absolute atomic E-state index is 12.7. The van der Waals surface area contributed by atoms with Crippen molar-refractivity contribution in [2.75, 3.05) is 13.2 Å². The van der Waals surface area contributed by atoms with Crippen LogP contribution in [0.3, 0.4) is 0 Å². The smallest absolute Gasteiger partial charge is 0.260 e. The molecular weight excluding hydrogens is 336 g/mol. The Hall–Kier alpha value is -3.01. The molecule has 4 heteroatoms. The number of carbonyl (C=O) groups is 1. The van der Waals surface area contributed by atoms with Gasteiger partial charge in [0.25, 0.3) is 5.91 Å². The standard InChI is InChI=1S/C23H26N2O2/c1-2-15-25(23(26)19-27-22-13-7-4-8-14-22)18-21-12-9-16-24(21)17-20-10-5-3-6-11-20/h3-14,16H,2,15,17-19H2,1H3. The van der Waals surface area contributed by atoms with Crippen LogP contribution in [0.5, 0.6) is 5.75 Å². The number of nitrogens with zero attached hydrogens (tertiary/aromatic N) is 2. The van der Waals surface area contributed by atoms with E-state index >= 15 is 0 Å². The van der Waals surface area contributed by atoms with E-state index in [1.807, 2.05) is 59.5 Å².